The van der Waals surface area contributed by atoms with Crippen LogP contribution in [0.4, 0.5) is 0 Å². The highest BCUT2D eigenvalue weighted by atomic mass is 16.2. The number of benzene rings is 1. The lowest BCUT2D eigenvalue weighted by Crippen LogP contribution is -2.55. The van der Waals surface area contributed by atoms with Crippen molar-refractivity contribution in [2.45, 2.75) is 38.5 Å². The van der Waals surface area contributed by atoms with E-state index in [4.69, 9.17) is 0 Å². The van der Waals surface area contributed by atoms with E-state index in [1.165, 1.54) is 19.2 Å². The van der Waals surface area contributed by atoms with E-state index in [-0.39, 0.29) is 11.3 Å². The molecule has 0 bridgehead atoms. The van der Waals surface area contributed by atoms with Crippen LogP contribution >= 0.6 is 0 Å². The van der Waals surface area contributed by atoms with E-state index < -0.39 is 0 Å². The second-order valence-corrected chi connectivity index (χ2v) is 8.96. The fraction of sp³-hybridized carbons (Fsp3) is 0.545. The first-order chi connectivity index (χ1) is 14.1. The summed E-state index contributed by atoms with van der Waals surface area (Å²) in [6.45, 7) is 3.28. The SMILES string of the molecule is O=C1CC[C@@]2(CCCN(C(=O)c3ccc(-c4ncn[nH]4)cc3)C2)CN1CC1CC1. The second-order valence-electron chi connectivity index (χ2n) is 8.96. The Balaban J connectivity index is 1.28. The van der Waals surface area contributed by atoms with Crippen LogP contribution in [0.25, 0.3) is 11.4 Å². The Bertz CT molecular complexity index is 890. The molecule has 2 saturated heterocycles. The van der Waals surface area contributed by atoms with Crippen LogP contribution in [0.5, 0.6) is 0 Å². The Kier molecular flexibility index (Phi) is 4.60. The average Bonchev–Trinajstić information content (AvgIpc) is 3.39. The Morgan fingerprint density at radius 2 is 2.00 bits per heavy atom. The molecular weight excluding hydrogens is 366 g/mol. The van der Waals surface area contributed by atoms with Crippen molar-refractivity contribution in [3.8, 4) is 11.4 Å². The molecule has 0 unspecified atom stereocenters. The number of likely N-dealkylation sites (tertiary alicyclic amines) is 2. The highest BCUT2D eigenvalue weighted by Crippen LogP contribution is 2.41. The van der Waals surface area contributed by atoms with E-state index >= 15 is 0 Å². The summed E-state index contributed by atoms with van der Waals surface area (Å²) in [5, 5.41) is 6.71. The smallest absolute Gasteiger partial charge is 0.253 e. The highest BCUT2D eigenvalue weighted by molar-refractivity contribution is 5.94. The molecule has 1 saturated carbocycles. The molecule has 2 amide bonds. The van der Waals surface area contributed by atoms with Crippen LogP contribution in [0, 0.1) is 11.3 Å². The zero-order valence-corrected chi connectivity index (χ0v) is 16.6. The minimum Gasteiger partial charge on any atom is -0.342 e. The summed E-state index contributed by atoms with van der Waals surface area (Å²) < 4.78 is 0. The van der Waals surface area contributed by atoms with Crippen molar-refractivity contribution in [2.75, 3.05) is 26.2 Å². The standard InChI is InChI=1S/C22H27N5O2/c28-19-8-10-22(14-27(19)12-16-2-3-16)9-1-11-26(13-22)21(29)18-6-4-17(5-7-18)20-23-15-24-25-20/h4-7,15-16H,1-3,8-14H2,(H,23,24,25)/t22-/m1/s1. The van der Waals surface area contributed by atoms with Crippen molar-refractivity contribution in [1.82, 2.24) is 25.0 Å². The van der Waals surface area contributed by atoms with E-state index in [1.807, 2.05) is 29.2 Å². The highest BCUT2D eigenvalue weighted by Gasteiger charge is 2.43. The first kappa shape index (κ1) is 18.3. The molecule has 2 aromatic rings. The van der Waals surface area contributed by atoms with Crippen LogP contribution in [0.2, 0.25) is 0 Å². The van der Waals surface area contributed by atoms with Crippen LogP contribution in [0.15, 0.2) is 30.6 Å². The first-order valence-corrected chi connectivity index (χ1v) is 10.6. The quantitative estimate of drug-likeness (QED) is 0.866. The number of hydrogen-bond donors (Lipinski definition) is 1. The predicted octanol–water partition coefficient (Wildman–Crippen LogP) is 2.73. The van der Waals surface area contributed by atoms with E-state index in [2.05, 4.69) is 20.1 Å². The van der Waals surface area contributed by atoms with Crippen LogP contribution in [-0.2, 0) is 4.79 Å². The number of amides is 2. The van der Waals surface area contributed by atoms with E-state index in [1.54, 1.807) is 0 Å². The fourth-order valence-electron chi connectivity index (χ4n) is 4.89. The molecule has 1 aromatic heterocycles. The van der Waals surface area contributed by atoms with Gasteiger partial charge in [-0.1, -0.05) is 12.1 Å². The number of piperidine rings is 2. The largest absolute Gasteiger partial charge is 0.342 e. The molecule has 3 heterocycles. The van der Waals surface area contributed by atoms with Crippen molar-refractivity contribution in [2.24, 2.45) is 11.3 Å². The molecule has 1 aromatic carbocycles. The summed E-state index contributed by atoms with van der Waals surface area (Å²) in [6.07, 6.45) is 7.63. The minimum absolute atomic E-state index is 0.0660. The van der Waals surface area contributed by atoms with E-state index in [0.717, 1.165) is 51.0 Å². The normalized spacial score (nSPS) is 24.9. The van der Waals surface area contributed by atoms with Gasteiger partial charge in [0, 0.05) is 49.1 Å². The molecule has 1 spiro atoms. The number of rotatable bonds is 4. The molecule has 1 atom stereocenters. The first-order valence-electron chi connectivity index (χ1n) is 10.6. The number of aromatic amines is 1. The fourth-order valence-corrected chi connectivity index (χ4v) is 4.89. The Labute approximate surface area is 170 Å². The van der Waals surface area contributed by atoms with Crippen molar-refractivity contribution >= 4 is 11.8 Å². The van der Waals surface area contributed by atoms with Crippen LogP contribution in [0.1, 0.15) is 48.9 Å². The van der Waals surface area contributed by atoms with Gasteiger partial charge in [0.25, 0.3) is 5.91 Å². The van der Waals surface area contributed by atoms with Gasteiger partial charge < -0.3 is 9.80 Å². The molecule has 7 nitrogen and oxygen atoms in total. The molecule has 29 heavy (non-hydrogen) atoms. The number of nitrogens with one attached hydrogen (secondary N) is 1. The average molecular weight is 393 g/mol. The maximum atomic E-state index is 13.2. The van der Waals surface area contributed by atoms with Gasteiger partial charge in [-0.25, -0.2) is 4.98 Å². The molecule has 3 aliphatic rings. The summed E-state index contributed by atoms with van der Waals surface area (Å²) in [5.41, 5.74) is 1.68. The van der Waals surface area contributed by atoms with E-state index in [0.29, 0.717) is 29.6 Å². The summed E-state index contributed by atoms with van der Waals surface area (Å²) in [4.78, 5) is 33.8. The summed E-state index contributed by atoms with van der Waals surface area (Å²) in [5.74, 6) is 1.79. The van der Waals surface area contributed by atoms with Gasteiger partial charge in [0.05, 0.1) is 0 Å². The van der Waals surface area contributed by atoms with Gasteiger partial charge in [-0.2, -0.15) is 5.10 Å². The van der Waals surface area contributed by atoms with Crippen molar-refractivity contribution < 1.29 is 9.59 Å². The maximum absolute atomic E-state index is 13.2. The molecule has 2 aliphatic heterocycles. The van der Waals surface area contributed by atoms with E-state index in [9.17, 15) is 9.59 Å². The van der Waals surface area contributed by atoms with Gasteiger partial charge in [-0.3, -0.25) is 14.7 Å². The minimum atomic E-state index is 0.0660. The van der Waals surface area contributed by atoms with Crippen molar-refractivity contribution in [1.29, 1.82) is 0 Å². The van der Waals surface area contributed by atoms with Gasteiger partial charge in [-0.15, -0.1) is 0 Å². The Hall–Kier alpha value is -2.70. The molecule has 7 heteroatoms. The topological polar surface area (TPSA) is 82.2 Å². The van der Waals surface area contributed by atoms with Gasteiger partial charge in [0.15, 0.2) is 5.82 Å². The van der Waals surface area contributed by atoms with Crippen LogP contribution in [0.3, 0.4) is 0 Å². The molecule has 3 fully saturated rings. The lowest BCUT2D eigenvalue weighted by molar-refractivity contribution is -0.139. The molecule has 0 radical (unpaired) electrons. The molecule has 1 N–H and O–H groups in total. The third-order valence-electron chi connectivity index (χ3n) is 6.69. The third-order valence-corrected chi connectivity index (χ3v) is 6.69. The summed E-state index contributed by atoms with van der Waals surface area (Å²) in [6, 6.07) is 7.55. The number of nitrogens with zero attached hydrogens (tertiary/aromatic N) is 4. The maximum Gasteiger partial charge on any atom is 0.253 e. The molecule has 1 aliphatic carbocycles. The van der Waals surface area contributed by atoms with Crippen molar-refractivity contribution in [3.63, 3.8) is 0 Å². The molecule has 5 rings (SSSR count). The second kappa shape index (κ2) is 7.28. The van der Waals surface area contributed by atoms with Gasteiger partial charge in [0.2, 0.25) is 5.91 Å². The Morgan fingerprint density at radius 1 is 1.17 bits per heavy atom. The zero-order chi connectivity index (χ0) is 19.8. The monoisotopic (exact) mass is 393 g/mol. The zero-order valence-electron chi connectivity index (χ0n) is 16.6. The van der Waals surface area contributed by atoms with Gasteiger partial charge in [-0.05, 0) is 50.2 Å². The summed E-state index contributed by atoms with van der Waals surface area (Å²) >= 11 is 0. The van der Waals surface area contributed by atoms with Crippen LogP contribution < -0.4 is 0 Å². The van der Waals surface area contributed by atoms with Crippen LogP contribution in [-0.4, -0.2) is 63.0 Å². The number of carbonyl (C=O) groups excluding carboxylic acids is 2. The molecule has 152 valence electrons. The summed E-state index contributed by atoms with van der Waals surface area (Å²) in [7, 11) is 0. The van der Waals surface area contributed by atoms with Gasteiger partial charge in [0.1, 0.15) is 6.33 Å². The number of aromatic nitrogens is 3. The lowest BCUT2D eigenvalue weighted by Gasteiger charge is -2.48. The number of H-pyrrole nitrogens is 1. The lowest BCUT2D eigenvalue weighted by atomic mass is 9.73. The molecular formula is C22H27N5O2. The Morgan fingerprint density at radius 3 is 2.72 bits per heavy atom. The number of carbonyl (C=O) groups is 2. The third kappa shape index (κ3) is 3.78. The van der Waals surface area contributed by atoms with Gasteiger partial charge >= 0.3 is 0 Å². The number of hydrogen-bond acceptors (Lipinski definition) is 4. The predicted molar refractivity (Wildman–Crippen MR) is 108 cm³/mol. The van der Waals surface area contributed by atoms with Crippen molar-refractivity contribution in [3.05, 3.63) is 36.2 Å².